The van der Waals surface area contributed by atoms with Gasteiger partial charge < -0.3 is 10.0 Å². The molecule has 0 spiro atoms. The van der Waals surface area contributed by atoms with E-state index in [9.17, 15) is 19.2 Å². The van der Waals surface area contributed by atoms with Gasteiger partial charge in [0.2, 0.25) is 11.8 Å². The molecule has 8 heteroatoms. The van der Waals surface area contributed by atoms with Crippen LogP contribution in [0, 0.1) is 23.2 Å². The first-order chi connectivity index (χ1) is 15.7. The van der Waals surface area contributed by atoms with Gasteiger partial charge in [-0.25, -0.2) is 9.69 Å². The van der Waals surface area contributed by atoms with Crippen LogP contribution < -0.4 is 4.90 Å². The first-order valence-electron chi connectivity index (χ1n) is 11.6. The van der Waals surface area contributed by atoms with E-state index in [4.69, 9.17) is 16.7 Å². The van der Waals surface area contributed by atoms with Gasteiger partial charge in [-0.05, 0) is 79.9 Å². The highest BCUT2D eigenvalue weighted by atomic mass is 35.5. The van der Waals surface area contributed by atoms with Crippen LogP contribution in [0.4, 0.5) is 5.69 Å². The van der Waals surface area contributed by atoms with Gasteiger partial charge in [-0.3, -0.25) is 14.4 Å². The zero-order valence-corrected chi connectivity index (χ0v) is 19.0. The summed E-state index contributed by atoms with van der Waals surface area (Å²) in [5.41, 5.74) is 0.317. The molecule has 0 aromatic heterocycles. The lowest BCUT2D eigenvalue weighted by Crippen LogP contribution is -2.55. The molecule has 0 radical (unpaired) electrons. The Kier molecular flexibility index (Phi) is 5.55. The second-order valence-electron chi connectivity index (χ2n) is 10.3. The molecule has 1 saturated heterocycles. The zero-order chi connectivity index (χ0) is 23.3. The average Bonchev–Trinajstić information content (AvgIpc) is 3.03. The number of nitrogens with zero attached hydrogens (tertiary/aromatic N) is 2. The van der Waals surface area contributed by atoms with Crippen molar-refractivity contribution in [3.05, 3.63) is 41.4 Å². The van der Waals surface area contributed by atoms with E-state index in [0.717, 1.165) is 36.3 Å². The molecule has 6 rings (SSSR count). The topological polar surface area (TPSA) is 95.0 Å². The summed E-state index contributed by atoms with van der Waals surface area (Å²) in [4.78, 5) is 53.1. The van der Waals surface area contributed by atoms with Crippen LogP contribution in [0.5, 0.6) is 0 Å². The molecule has 33 heavy (non-hydrogen) atoms. The largest absolute Gasteiger partial charge is 0.478 e. The minimum atomic E-state index is -1.23. The van der Waals surface area contributed by atoms with E-state index in [1.807, 2.05) is 0 Å². The third-order valence-corrected chi connectivity index (χ3v) is 8.12. The van der Waals surface area contributed by atoms with E-state index in [-0.39, 0.29) is 11.8 Å². The van der Waals surface area contributed by atoms with E-state index >= 15 is 0 Å². The summed E-state index contributed by atoms with van der Waals surface area (Å²) in [5.74, 6) is -0.647. The number of carbonyl (C=O) groups excluding carboxylic acids is 3. The van der Waals surface area contributed by atoms with E-state index in [0.29, 0.717) is 35.0 Å². The maximum Gasteiger partial charge on any atom is 0.328 e. The van der Waals surface area contributed by atoms with Crippen LogP contribution >= 0.6 is 11.6 Å². The van der Waals surface area contributed by atoms with E-state index in [2.05, 4.69) is 0 Å². The van der Waals surface area contributed by atoms with Crippen molar-refractivity contribution in [1.29, 1.82) is 0 Å². The molecule has 7 nitrogen and oxygen atoms in total. The Morgan fingerprint density at radius 3 is 2.30 bits per heavy atom. The lowest BCUT2D eigenvalue weighted by Gasteiger charge is -2.58. The summed E-state index contributed by atoms with van der Waals surface area (Å²) in [6.45, 7) is 0.381. The summed E-state index contributed by atoms with van der Waals surface area (Å²) in [6.07, 6.45) is 8.49. The molecule has 1 aliphatic heterocycles. The van der Waals surface area contributed by atoms with Crippen LogP contribution in [0.25, 0.3) is 0 Å². The van der Waals surface area contributed by atoms with Crippen LogP contribution in [-0.4, -0.2) is 46.3 Å². The van der Waals surface area contributed by atoms with Crippen molar-refractivity contribution in [3.8, 4) is 0 Å². The summed E-state index contributed by atoms with van der Waals surface area (Å²) in [6, 6.07) is 5.57. The van der Waals surface area contributed by atoms with Crippen molar-refractivity contribution in [3.63, 3.8) is 0 Å². The van der Waals surface area contributed by atoms with Crippen molar-refractivity contribution in [1.82, 2.24) is 4.90 Å². The molecular formula is C25H27ClN2O5. The molecule has 1 aromatic rings. The third kappa shape index (κ3) is 4.19. The minimum absolute atomic E-state index is 0.0612. The lowest BCUT2D eigenvalue weighted by molar-refractivity contribution is -0.141. The highest BCUT2D eigenvalue weighted by Gasteiger charge is 2.53. The Labute approximate surface area is 197 Å². The fraction of sp³-hybridized carbons (Fsp3) is 0.520. The molecular weight excluding hydrogens is 444 g/mol. The third-order valence-electron chi connectivity index (χ3n) is 7.89. The van der Waals surface area contributed by atoms with E-state index < -0.39 is 29.7 Å². The summed E-state index contributed by atoms with van der Waals surface area (Å²) < 4.78 is 0. The molecule has 4 aliphatic carbocycles. The Bertz CT molecular complexity index is 1020. The Hall–Kier alpha value is -2.67. The summed E-state index contributed by atoms with van der Waals surface area (Å²) in [7, 11) is 0. The minimum Gasteiger partial charge on any atom is -0.478 e. The van der Waals surface area contributed by atoms with Gasteiger partial charge in [-0.2, -0.15) is 0 Å². The monoisotopic (exact) mass is 470 g/mol. The molecule has 0 unspecified atom stereocenters. The van der Waals surface area contributed by atoms with Crippen molar-refractivity contribution >= 4 is 41.0 Å². The van der Waals surface area contributed by atoms with Crippen LogP contribution in [0.2, 0.25) is 5.02 Å². The molecule has 5 fully saturated rings. The molecule has 174 valence electrons. The van der Waals surface area contributed by atoms with Gasteiger partial charge in [0.15, 0.2) is 0 Å². The van der Waals surface area contributed by atoms with Crippen LogP contribution in [0.1, 0.15) is 44.9 Å². The van der Waals surface area contributed by atoms with E-state index in [1.165, 1.54) is 24.2 Å². The SMILES string of the molecule is O=C(O)/C=C/C(=O)N(CC12CC3CC(CC(C3)C1)C2)[C@@H]1CC(=O)N(c2cccc(Cl)c2)C1=O. The highest BCUT2D eigenvalue weighted by Crippen LogP contribution is 2.60. The first kappa shape index (κ1) is 22.1. The summed E-state index contributed by atoms with van der Waals surface area (Å²) in [5, 5.41) is 9.43. The Balaban J connectivity index is 1.45. The number of hydrogen-bond donors (Lipinski definition) is 1. The van der Waals surface area contributed by atoms with Crippen LogP contribution in [0.3, 0.4) is 0 Å². The van der Waals surface area contributed by atoms with Gasteiger partial charge in [-0.15, -0.1) is 0 Å². The second-order valence-corrected chi connectivity index (χ2v) is 10.8. The number of carboxylic acid groups (broad SMARTS) is 1. The second kappa shape index (κ2) is 8.28. The number of imide groups is 1. The maximum atomic E-state index is 13.4. The number of amides is 3. The number of rotatable bonds is 6. The number of carbonyl (C=O) groups is 4. The number of halogens is 1. The number of carboxylic acids is 1. The number of benzene rings is 1. The lowest BCUT2D eigenvalue weighted by atomic mass is 9.49. The summed E-state index contributed by atoms with van der Waals surface area (Å²) >= 11 is 6.06. The smallest absolute Gasteiger partial charge is 0.328 e. The van der Waals surface area contributed by atoms with Gasteiger partial charge in [0.05, 0.1) is 12.1 Å². The molecule has 4 saturated carbocycles. The number of anilines is 1. The molecule has 1 atom stereocenters. The number of aliphatic carboxylic acids is 1. The van der Waals surface area contributed by atoms with Crippen molar-refractivity contribution in [2.45, 2.75) is 51.0 Å². The fourth-order valence-electron chi connectivity index (χ4n) is 7.17. The molecule has 1 aromatic carbocycles. The average molecular weight is 471 g/mol. The van der Waals surface area contributed by atoms with Gasteiger partial charge in [0, 0.05) is 23.7 Å². The molecule has 1 N–H and O–H groups in total. The molecule has 3 amide bonds. The van der Waals surface area contributed by atoms with Crippen molar-refractivity contribution in [2.24, 2.45) is 23.2 Å². The Morgan fingerprint density at radius 1 is 1.09 bits per heavy atom. The normalized spacial score (nSPS) is 32.7. The zero-order valence-electron chi connectivity index (χ0n) is 18.3. The molecule has 5 aliphatic rings. The van der Waals surface area contributed by atoms with Gasteiger partial charge in [0.25, 0.3) is 5.91 Å². The molecule has 1 heterocycles. The number of hydrogen-bond acceptors (Lipinski definition) is 4. The van der Waals surface area contributed by atoms with Crippen molar-refractivity contribution < 1.29 is 24.3 Å². The van der Waals surface area contributed by atoms with Crippen LogP contribution in [0.15, 0.2) is 36.4 Å². The van der Waals surface area contributed by atoms with Gasteiger partial charge in [0.1, 0.15) is 6.04 Å². The predicted molar refractivity (Wildman–Crippen MR) is 121 cm³/mol. The molecule has 4 bridgehead atoms. The maximum absolute atomic E-state index is 13.4. The first-order valence-corrected chi connectivity index (χ1v) is 11.9. The van der Waals surface area contributed by atoms with E-state index in [1.54, 1.807) is 24.3 Å². The van der Waals surface area contributed by atoms with Gasteiger partial charge in [-0.1, -0.05) is 17.7 Å². The fourth-order valence-corrected chi connectivity index (χ4v) is 7.36. The quantitative estimate of drug-likeness (QED) is 0.505. The van der Waals surface area contributed by atoms with Crippen LogP contribution in [-0.2, 0) is 19.2 Å². The highest BCUT2D eigenvalue weighted by molar-refractivity contribution is 6.31. The Morgan fingerprint density at radius 2 is 1.73 bits per heavy atom. The van der Waals surface area contributed by atoms with Gasteiger partial charge >= 0.3 is 5.97 Å². The predicted octanol–water partition coefficient (Wildman–Crippen LogP) is 3.66. The van der Waals surface area contributed by atoms with Crippen molar-refractivity contribution in [2.75, 3.05) is 11.4 Å². The standard InChI is InChI=1S/C25H27ClN2O5/c26-18-2-1-3-19(9-18)28-22(30)10-20(24(28)33)27(21(29)4-5-23(31)32)14-25-11-15-6-16(12-25)8-17(7-15)13-25/h1-5,9,15-17,20H,6-8,10-14H2,(H,31,32)/b5-4+/t15?,16?,17?,20-,25?/m1/s1.